The van der Waals surface area contributed by atoms with Crippen LogP contribution in [0.2, 0.25) is 0 Å². The summed E-state index contributed by atoms with van der Waals surface area (Å²) in [5.74, 6) is -0.704. The third-order valence-corrected chi connectivity index (χ3v) is 3.68. The van der Waals surface area contributed by atoms with Crippen LogP contribution in [0, 0.1) is 23.2 Å². The minimum absolute atomic E-state index is 0.0136. The second kappa shape index (κ2) is 2.67. The third-order valence-electron chi connectivity index (χ3n) is 3.68. The maximum Gasteiger partial charge on any atom is 0.321 e. The average molecular weight is 222 g/mol. The molecule has 0 aromatic heterocycles. The first-order valence-corrected chi connectivity index (χ1v) is 5.53. The smallest absolute Gasteiger partial charge is 0.321 e. The summed E-state index contributed by atoms with van der Waals surface area (Å²) in [6.45, 7) is 6.19. The van der Waals surface area contributed by atoms with Crippen molar-refractivity contribution in [3.05, 3.63) is 11.8 Å². The lowest BCUT2D eigenvalue weighted by Crippen LogP contribution is -2.39. The number of ether oxygens (including phenoxy) is 2. The highest BCUT2D eigenvalue weighted by Gasteiger charge is 2.62. The molecular formula is C12H14O4. The van der Waals surface area contributed by atoms with Gasteiger partial charge in [0.05, 0.1) is 11.8 Å². The van der Waals surface area contributed by atoms with Crippen LogP contribution in [0.15, 0.2) is 11.8 Å². The molecule has 0 aromatic carbocycles. The molecule has 4 unspecified atom stereocenters. The number of hydrogen-bond acceptors (Lipinski definition) is 4. The number of cyclic esters (lactones) is 2. The van der Waals surface area contributed by atoms with Gasteiger partial charge in [0.15, 0.2) is 6.10 Å². The van der Waals surface area contributed by atoms with E-state index in [1.165, 1.54) is 0 Å². The molecular weight excluding hydrogens is 208 g/mol. The first-order chi connectivity index (χ1) is 7.39. The summed E-state index contributed by atoms with van der Waals surface area (Å²) in [4.78, 5) is 23.2. The largest absolute Gasteiger partial charge is 0.483 e. The second-order valence-electron chi connectivity index (χ2n) is 5.79. The molecule has 0 aromatic rings. The first kappa shape index (κ1) is 9.87. The van der Waals surface area contributed by atoms with Crippen molar-refractivity contribution in [3.8, 4) is 0 Å². The van der Waals surface area contributed by atoms with Crippen molar-refractivity contribution < 1.29 is 19.1 Å². The van der Waals surface area contributed by atoms with Crippen LogP contribution in [0.1, 0.15) is 20.8 Å². The number of carbonyl (C=O) groups excluding carboxylic acids is 2. The van der Waals surface area contributed by atoms with Gasteiger partial charge in [-0.1, -0.05) is 20.8 Å². The van der Waals surface area contributed by atoms with Crippen LogP contribution >= 0.6 is 0 Å². The monoisotopic (exact) mass is 222 g/mol. The van der Waals surface area contributed by atoms with Crippen molar-refractivity contribution in [2.24, 2.45) is 23.2 Å². The number of epoxide rings is 1. The Morgan fingerprint density at radius 3 is 2.50 bits per heavy atom. The van der Waals surface area contributed by atoms with Crippen LogP contribution in [-0.2, 0) is 19.1 Å². The molecule has 1 aliphatic carbocycles. The van der Waals surface area contributed by atoms with Crippen molar-refractivity contribution in [2.75, 3.05) is 0 Å². The van der Waals surface area contributed by atoms with E-state index in [9.17, 15) is 9.59 Å². The van der Waals surface area contributed by atoms with Gasteiger partial charge in [-0.3, -0.25) is 9.59 Å². The van der Waals surface area contributed by atoms with Crippen LogP contribution in [0.3, 0.4) is 0 Å². The summed E-state index contributed by atoms with van der Waals surface area (Å²) < 4.78 is 10.2. The lowest BCUT2D eigenvalue weighted by atomic mass is 9.65. The van der Waals surface area contributed by atoms with Gasteiger partial charge in [0, 0.05) is 5.92 Å². The Labute approximate surface area is 93.6 Å². The van der Waals surface area contributed by atoms with Crippen molar-refractivity contribution >= 4 is 11.9 Å². The average Bonchev–Trinajstić information content (AvgIpc) is 2.85. The normalized spacial score (nSPS) is 40.6. The minimum Gasteiger partial charge on any atom is -0.483 e. The fourth-order valence-electron chi connectivity index (χ4n) is 2.93. The van der Waals surface area contributed by atoms with Gasteiger partial charge in [-0.2, -0.15) is 0 Å². The molecule has 16 heavy (non-hydrogen) atoms. The molecule has 2 saturated heterocycles. The molecule has 4 nitrogen and oxygen atoms in total. The number of esters is 2. The van der Waals surface area contributed by atoms with Crippen LogP contribution < -0.4 is 0 Å². The Bertz CT molecular complexity index is 415. The third kappa shape index (κ3) is 1.16. The van der Waals surface area contributed by atoms with E-state index in [-0.39, 0.29) is 29.3 Å². The Hall–Kier alpha value is -1.32. The maximum atomic E-state index is 11.7. The highest BCUT2D eigenvalue weighted by atomic mass is 16.6. The number of carbonyl (C=O) groups is 2. The second-order valence-corrected chi connectivity index (χ2v) is 5.79. The molecule has 4 heteroatoms. The van der Waals surface area contributed by atoms with E-state index in [4.69, 9.17) is 9.47 Å². The highest BCUT2D eigenvalue weighted by Crippen LogP contribution is 2.54. The van der Waals surface area contributed by atoms with Crippen molar-refractivity contribution in [2.45, 2.75) is 26.9 Å². The zero-order chi connectivity index (χ0) is 11.7. The van der Waals surface area contributed by atoms with Gasteiger partial charge in [-0.05, 0) is 11.5 Å². The van der Waals surface area contributed by atoms with Crippen molar-refractivity contribution in [1.82, 2.24) is 0 Å². The molecule has 3 rings (SSSR count). The summed E-state index contributed by atoms with van der Waals surface area (Å²) in [6.07, 6.45) is 1.77. The highest BCUT2D eigenvalue weighted by molar-refractivity contribution is 5.98. The molecule has 0 radical (unpaired) electrons. The zero-order valence-electron chi connectivity index (χ0n) is 9.52. The van der Waals surface area contributed by atoms with Crippen LogP contribution in [-0.4, -0.2) is 18.0 Å². The minimum atomic E-state index is -0.425. The quantitative estimate of drug-likeness (QED) is 0.352. The Kier molecular flexibility index (Phi) is 1.65. The van der Waals surface area contributed by atoms with E-state index in [1.54, 1.807) is 6.08 Å². The van der Waals surface area contributed by atoms with Gasteiger partial charge in [-0.25, -0.2) is 0 Å². The molecule has 0 bridgehead atoms. The van der Waals surface area contributed by atoms with Crippen molar-refractivity contribution in [1.29, 1.82) is 0 Å². The Balaban J connectivity index is 2.05. The molecule has 3 aliphatic rings. The van der Waals surface area contributed by atoms with E-state index in [1.807, 2.05) is 0 Å². The van der Waals surface area contributed by atoms with Gasteiger partial charge in [0.1, 0.15) is 5.76 Å². The molecule has 4 atom stereocenters. The van der Waals surface area contributed by atoms with E-state index in [0.29, 0.717) is 0 Å². The standard InChI is InChI=1S/C12H14O4/c1-12(2,3)8-7-5(4-6-9(8)15-6)10(13)16-11(7)14/h4-5,7-9H,1-3H3. The molecule has 0 amide bonds. The summed E-state index contributed by atoms with van der Waals surface area (Å²) in [7, 11) is 0. The first-order valence-electron chi connectivity index (χ1n) is 5.53. The summed E-state index contributed by atoms with van der Waals surface area (Å²) in [5.41, 5.74) is -0.0762. The fourth-order valence-corrected chi connectivity index (χ4v) is 2.93. The van der Waals surface area contributed by atoms with Crippen molar-refractivity contribution in [3.63, 3.8) is 0 Å². The Morgan fingerprint density at radius 1 is 1.19 bits per heavy atom. The Morgan fingerprint density at radius 2 is 1.88 bits per heavy atom. The van der Waals surface area contributed by atoms with Gasteiger partial charge in [0.25, 0.3) is 0 Å². The molecule has 0 N–H and O–H groups in total. The zero-order valence-corrected chi connectivity index (χ0v) is 9.52. The number of fused-ring (bicyclic) bond motifs is 2. The molecule has 2 aliphatic heterocycles. The molecule has 0 spiro atoms. The molecule has 86 valence electrons. The molecule has 0 saturated carbocycles. The van der Waals surface area contributed by atoms with E-state index < -0.39 is 11.9 Å². The number of hydrogen-bond donors (Lipinski definition) is 0. The fraction of sp³-hybridized carbons (Fsp3) is 0.667. The van der Waals surface area contributed by atoms with Crippen LogP contribution in [0.5, 0.6) is 0 Å². The lowest BCUT2D eigenvalue weighted by Gasteiger charge is -2.33. The summed E-state index contributed by atoms with van der Waals surface area (Å²) in [6, 6.07) is 0. The summed E-state index contributed by atoms with van der Waals surface area (Å²) >= 11 is 0. The maximum absolute atomic E-state index is 11.7. The predicted molar refractivity (Wildman–Crippen MR) is 54.0 cm³/mol. The predicted octanol–water partition coefficient (Wildman–Crippen LogP) is 1.26. The lowest BCUT2D eigenvalue weighted by molar-refractivity contribution is -0.154. The van der Waals surface area contributed by atoms with E-state index >= 15 is 0 Å². The topological polar surface area (TPSA) is 55.9 Å². The molecule has 2 fully saturated rings. The molecule has 2 heterocycles. The van der Waals surface area contributed by atoms with Gasteiger partial charge >= 0.3 is 11.9 Å². The van der Waals surface area contributed by atoms with Gasteiger partial charge in [-0.15, -0.1) is 0 Å². The van der Waals surface area contributed by atoms with Crippen LogP contribution in [0.25, 0.3) is 0 Å². The summed E-state index contributed by atoms with van der Waals surface area (Å²) in [5, 5.41) is 0. The SMILES string of the molecule is CC(C)(C)C1C2OC2=CC2C(=O)OC(=O)C21. The van der Waals surface area contributed by atoms with Crippen LogP contribution in [0.4, 0.5) is 0 Å². The van der Waals surface area contributed by atoms with Gasteiger partial charge in [0.2, 0.25) is 0 Å². The van der Waals surface area contributed by atoms with E-state index in [0.717, 1.165) is 5.76 Å². The van der Waals surface area contributed by atoms with E-state index in [2.05, 4.69) is 20.8 Å². The number of rotatable bonds is 0. The van der Waals surface area contributed by atoms with Gasteiger partial charge < -0.3 is 9.47 Å².